The van der Waals surface area contributed by atoms with Gasteiger partial charge in [0.15, 0.2) is 5.76 Å². The zero-order valence-corrected chi connectivity index (χ0v) is 9.33. The first-order chi connectivity index (χ1) is 7.34. The third kappa shape index (κ3) is 3.32. The number of likely N-dealkylation sites (tertiary alicyclic amines) is 1. The molecule has 0 atom stereocenters. The van der Waals surface area contributed by atoms with Crippen molar-refractivity contribution in [1.82, 2.24) is 15.4 Å². The molecule has 0 bridgehead atoms. The topological polar surface area (TPSA) is 41.3 Å². The third-order valence-electron chi connectivity index (χ3n) is 2.78. The van der Waals surface area contributed by atoms with Gasteiger partial charge in [-0.25, -0.2) is 0 Å². The van der Waals surface area contributed by atoms with Gasteiger partial charge < -0.3 is 14.7 Å². The van der Waals surface area contributed by atoms with E-state index in [1.54, 1.807) is 0 Å². The van der Waals surface area contributed by atoms with Crippen molar-refractivity contribution in [2.24, 2.45) is 0 Å². The Hall–Kier alpha value is -0.870. The average molecular weight is 209 g/mol. The van der Waals surface area contributed by atoms with Crippen LogP contribution in [0.2, 0.25) is 0 Å². The smallest absolute Gasteiger partial charge is 0.150 e. The molecule has 1 aromatic rings. The first-order valence-electron chi connectivity index (χ1n) is 5.70. The molecule has 84 valence electrons. The number of rotatable bonds is 5. The summed E-state index contributed by atoms with van der Waals surface area (Å²) >= 11 is 0. The van der Waals surface area contributed by atoms with Gasteiger partial charge >= 0.3 is 0 Å². The monoisotopic (exact) mass is 209 g/mol. The highest BCUT2D eigenvalue weighted by atomic mass is 16.5. The van der Waals surface area contributed by atoms with Gasteiger partial charge in [0.2, 0.25) is 0 Å². The molecule has 1 N–H and O–H groups in total. The van der Waals surface area contributed by atoms with E-state index in [-0.39, 0.29) is 0 Å². The molecule has 4 heteroatoms. The van der Waals surface area contributed by atoms with E-state index in [9.17, 15) is 0 Å². The molecule has 0 aromatic carbocycles. The van der Waals surface area contributed by atoms with Crippen LogP contribution in [0.25, 0.3) is 0 Å². The van der Waals surface area contributed by atoms with E-state index in [0.29, 0.717) is 0 Å². The molecule has 0 radical (unpaired) electrons. The summed E-state index contributed by atoms with van der Waals surface area (Å²) in [7, 11) is 0. The molecule has 1 aliphatic rings. The minimum absolute atomic E-state index is 0.786. The van der Waals surface area contributed by atoms with E-state index >= 15 is 0 Å². The van der Waals surface area contributed by atoms with Gasteiger partial charge in [-0.2, -0.15) is 0 Å². The van der Waals surface area contributed by atoms with E-state index < -0.39 is 0 Å². The van der Waals surface area contributed by atoms with Crippen LogP contribution in [0.5, 0.6) is 0 Å². The summed E-state index contributed by atoms with van der Waals surface area (Å²) in [5.41, 5.74) is 0.950. The Labute approximate surface area is 90.6 Å². The minimum atomic E-state index is 0.786. The lowest BCUT2D eigenvalue weighted by molar-refractivity contribution is 0.326. The molecule has 0 saturated carbocycles. The molecular formula is C11H19N3O. The Kier molecular flexibility index (Phi) is 3.75. The molecule has 1 aliphatic heterocycles. The third-order valence-corrected chi connectivity index (χ3v) is 2.78. The predicted octanol–water partition coefficient (Wildman–Crippen LogP) is 1.17. The Morgan fingerprint density at radius 3 is 2.93 bits per heavy atom. The van der Waals surface area contributed by atoms with Crippen molar-refractivity contribution in [2.45, 2.75) is 26.3 Å². The van der Waals surface area contributed by atoms with E-state index in [1.807, 2.05) is 13.0 Å². The standard InChI is InChI=1S/C11H19N3O/c1-10-8-11(15-13-10)9-12-4-7-14-5-2-3-6-14/h8,12H,2-7,9H2,1H3. The van der Waals surface area contributed by atoms with Crippen molar-refractivity contribution < 1.29 is 4.52 Å². The van der Waals surface area contributed by atoms with Crippen molar-refractivity contribution in [3.8, 4) is 0 Å². The number of aromatic nitrogens is 1. The highest BCUT2D eigenvalue weighted by molar-refractivity contribution is 5.02. The van der Waals surface area contributed by atoms with Crippen molar-refractivity contribution in [3.05, 3.63) is 17.5 Å². The zero-order chi connectivity index (χ0) is 10.5. The van der Waals surface area contributed by atoms with Crippen LogP contribution in [-0.4, -0.2) is 36.2 Å². The predicted molar refractivity (Wildman–Crippen MR) is 58.6 cm³/mol. The lowest BCUT2D eigenvalue weighted by Crippen LogP contribution is -2.29. The van der Waals surface area contributed by atoms with Gasteiger partial charge in [0.1, 0.15) is 0 Å². The van der Waals surface area contributed by atoms with Gasteiger partial charge in [-0.05, 0) is 32.9 Å². The maximum Gasteiger partial charge on any atom is 0.150 e. The lowest BCUT2D eigenvalue weighted by Gasteiger charge is -2.13. The van der Waals surface area contributed by atoms with Gasteiger partial charge in [0, 0.05) is 19.2 Å². The Balaban J connectivity index is 1.58. The summed E-state index contributed by atoms with van der Waals surface area (Å²) in [6, 6.07) is 1.98. The average Bonchev–Trinajstić information content (AvgIpc) is 2.84. The second kappa shape index (κ2) is 5.28. The van der Waals surface area contributed by atoms with Gasteiger partial charge in [-0.1, -0.05) is 5.16 Å². The molecule has 2 heterocycles. The zero-order valence-electron chi connectivity index (χ0n) is 9.33. The molecule has 4 nitrogen and oxygen atoms in total. The number of nitrogens with one attached hydrogen (secondary N) is 1. The highest BCUT2D eigenvalue weighted by Gasteiger charge is 2.10. The van der Waals surface area contributed by atoms with Crippen LogP contribution in [0, 0.1) is 6.92 Å². The summed E-state index contributed by atoms with van der Waals surface area (Å²) in [5.74, 6) is 0.925. The first kappa shape index (κ1) is 10.6. The van der Waals surface area contributed by atoms with Crippen molar-refractivity contribution in [2.75, 3.05) is 26.2 Å². The fourth-order valence-electron chi connectivity index (χ4n) is 1.95. The Bertz CT molecular complexity index is 292. The number of nitrogens with zero attached hydrogens (tertiary/aromatic N) is 2. The summed E-state index contributed by atoms with van der Waals surface area (Å²) in [4.78, 5) is 2.50. The molecule has 0 amide bonds. The number of hydrogen-bond donors (Lipinski definition) is 1. The quantitative estimate of drug-likeness (QED) is 0.739. The van der Waals surface area contributed by atoms with E-state index in [2.05, 4.69) is 15.4 Å². The minimum Gasteiger partial charge on any atom is -0.360 e. The molecule has 0 unspecified atom stereocenters. The lowest BCUT2D eigenvalue weighted by atomic mass is 10.4. The van der Waals surface area contributed by atoms with Crippen LogP contribution in [-0.2, 0) is 6.54 Å². The highest BCUT2D eigenvalue weighted by Crippen LogP contribution is 2.05. The number of hydrogen-bond acceptors (Lipinski definition) is 4. The normalized spacial score (nSPS) is 17.4. The second-order valence-corrected chi connectivity index (χ2v) is 4.16. The summed E-state index contributed by atoms with van der Waals surface area (Å²) in [5, 5.41) is 7.21. The van der Waals surface area contributed by atoms with Gasteiger partial charge in [-0.3, -0.25) is 0 Å². The fraction of sp³-hybridized carbons (Fsp3) is 0.727. The van der Waals surface area contributed by atoms with Gasteiger partial charge in [0.05, 0.1) is 12.2 Å². The van der Waals surface area contributed by atoms with E-state index in [1.165, 1.54) is 25.9 Å². The van der Waals surface area contributed by atoms with Crippen LogP contribution in [0.3, 0.4) is 0 Å². The van der Waals surface area contributed by atoms with Gasteiger partial charge in [-0.15, -0.1) is 0 Å². The summed E-state index contributed by atoms with van der Waals surface area (Å²) < 4.78 is 5.11. The van der Waals surface area contributed by atoms with E-state index in [4.69, 9.17) is 4.52 Å². The number of aryl methyl sites for hydroxylation is 1. The van der Waals surface area contributed by atoms with Crippen LogP contribution >= 0.6 is 0 Å². The molecule has 0 aliphatic carbocycles. The largest absolute Gasteiger partial charge is 0.360 e. The van der Waals surface area contributed by atoms with Crippen LogP contribution in [0.4, 0.5) is 0 Å². The SMILES string of the molecule is Cc1cc(CNCCN2CCCC2)on1. The maximum absolute atomic E-state index is 5.11. The summed E-state index contributed by atoms with van der Waals surface area (Å²) in [6.07, 6.45) is 2.72. The van der Waals surface area contributed by atoms with E-state index in [0.717, 1.165) is 31.1 Å². The van der Waals surface area contributed by atoms with Crippen molar-refractivity contribution in [1.29, 1.82) is 0 Å². The van der Waals surface area contributed by atoms with Crippen molar-refractivity contribution in [3.63, 3.8) is 0 Å². The molecule has 1 saturated heterocycles. The van der Waals surface area contributed by atoms with Crippen LogP contribution in [0.1, 0.15) is 24.3 Å². The molecular weight excluding hydrogens is 190 g/mol. The van der Waals surface area contributed by atoms with Crippen LogP contribution < -0.4 is 5.32 Å². The molecule has 1 aromatic heterocycles. The van der Waals surface area contributed by atoms with Crippen molar-refractivity contribution >= 4 is 0 Å². The second-order valence-electron chi connectivity index (χ2n) is 4.16. The summed E-state index contributed by atoms with van der Waals surface area (Å²) in [6.45, 7) is 7.44. The molecule has 0 spiro atoms. The maximum atomic E-state index is 5.11. The molecule has 1 fully saturated rings. The molecule has 2 rings (SSSR count). The Morgan fingerprint density at radius 1 is 1.47 bits per heavy atom. The molecule has 15 heavy (non-hydrogen) atoms. The van der Waals surface area contributed by atoms with Crippen LogP contribution in [0.15, 0.2) is 10.6 Å². The fourth-order valence-corrected chi connectivity index (χ4v) is 1.95. The first-order valence-corrected chi connectivity index (χ1v) is 5.70. The van der Waals surface area contributed by atoms with Gasteiger partial charge in [0.25, 0.3) is 0 Å². The Morgan fingerprint density at radius 2 is 2.27 bits per heavy atom.